The Bertz CT molecular complexity index is 934. The van der Waals surface area contributed by atoms with E-state index in [0.717, 1.165) is 25.0 Å². The average molecular weight is 390 g/mol. The van der Waals surface area contributed by atoms with Gasteiger partial charge in [0.15, 0.2) is 5.03 Å². The fourth-order valence-electron chi connectivity index (χ4n) is 3.48. The first-order valence-corrected chi connectivity index (χ1v) is 10.5. The monoisotopic (exact) mass is 390 g/mol. The molecule has 1 amide bonds. The van der Waals surface area contributed by atoms with E-state index in [9.17, 15) is 13.2 Å². The molecule has 1 atom stereocenters. The van der Waals surface area contributed by atoms with Gasteiger partial charge in [-0.3, -0.25) is 9.10 Å². The minimum absolute atomic E-state index is 0.0197. The number of rotatable bonds is 6. The molecule has 3 heterocycles. The predicted molar refractivity (Wildman–Crippen MR) is 98.9 cm³/mol. The van der Waals surface area contributed by atoms with E-state index in [1.54, 1.807) is 6.07 Å². The number of hydrogen-bond donors (Lipinski definition) is 1. The number of imidazole rings is 1. The maximum absolute atomic E-state index is 12.9. The number of para-hydroxylation sites is 1. The summed E-state index contributed by atoms with van der Waals surface area (Å²) in [7, 11) is -3.74. The number of carbonyl (C=O) groups is 1. The molecule has 0 saturated carbocycles. The minimum Gasteiger partial charge on any atom is -0.376 e. The van der Waals surface area contributed by atoms with Crippen molar-refractivity contribution in [2.75, 3.05) is 24.0 Å². The maximum atomic E-state index is 12.9. The first kappa shape index (κ1) is 18.0. The topological polar surface area (TPSA) is 93.5 Å². The largest absolute Gasteiger partial charge is 0.376 e. The first-order valence-electron chi connectivity index (χ1n) is 9.05. The number of ether oxygens (including phenoxy) is 1. The van der Waals surface area contributed by atoms with E-state index in [2.05, 4.69) is 10.3 Å². The Morgan fingerprint density at radius 2 is 2.19 bits per heavy atom. The van der Waals surface area contributed by atoms with Crippen LogP contribution in [0.25, 0.3) is 0 Å². The number of amides is 1. The van der Waals surface area contributed by atoms with Gasteiger partial charge in [-0.05, 0) is 30.9 Å². The van der Waals surface area contributed by atoms with E-state index in [-0.39, 0.29) is 23.6 Å². The van der Waals surface area contributed by atoms with Gasteiger partial charge in [-0.15, -0.1) is 0 Å². The van der Waals surface area contributed by atoms with Gasteiger partial charge in [0.25, 0.3) is 10.0 Å². The lowest BCUT2D eigenvalue weighted by atomic mass is 10.2. The molecule has 1 unspecified atom stereocenters. The summed E-state index contributed by atoms with van der Waals surface area (Å²) >= 11 is 0. The van der Waals surface area contributed by atoms with Crippen molar-refractivity contribution >= 4 is 21.6 Å². The molecule has 0 spiro atoms. The lowest BCUT2D eigenvalue weighted by Gasteiger charge is -2.17. The van der Waals surface area contributed by atoms with Crippen LogP contribution in [-0.2, 0) is 32.5 Å². The van der Waals surface area contributed by atoms with E-state index in [4.69, 9.17) is 4.74 Å². The van der Waals surface area contributed by atoms with Crippen molar-refractivity contribution < 1.29 is 17.9 Å². The Morgan fingerprint density at radius 1 is 1.33 bits per heavy atom. The molecule has 1 aromatic carbocycles. The van der Waals surface area contributed by atoms with E-state index in [1.165, 1.54) is 21.4 Å². The van der Waals surface area contributed by atoms with Crippen LogP contribution >= 0.6 is 0 Å². The van der Waals surface area contributed by atoms with Gasteiger partial charge in [0.05, 0.1) is 18.1 Å². The number of hydrogen-bond acceptors (Lipinski definition) is 5. The highest BCUT2D eigenvalue weighted by Crippen LogP contribution is 2.32. The molecule has 2 aliphatic rings. The molecule has 8 nitrogen and oxygen atoms in total. The molecular formula is C18H22N4O4S. The fraction of sp³-hybridized carbons (Fsp3) is 0.444. The molecule has 27 heavy (non-hydrogen) atoms. The molecule has 2 aromatic rings. The smallest absolute Gasteiger partial charge is 0.283 e. The quantitative estimate of drug-likeness (QED) is 0.792. The molecule has 144 valence electrons. The second kappa shape index (κ2) is 7.32. The molecule has 0 bridgehead atoms. The average Bonchev–Trinajstić information content (AvgIpc) is 3.40. The molecule has 9 heteroatoms. The summed E-state index contributed by atoms with van der Waals surface area (Å²) in [5, 5.41) is 2.77. The van der Waals surface area contributed by atoms with Crippen LogP contribution in [-0.4, -0.2) is 49.7 Å². The Labute approximate surface area is 158 Å². The molecule has 2 aliphatic heterocycles. The van der Waals surface area contributed by atoms with E-state index in [1.807, 2.05) is 18.2 Å². The van der Waals surface area contributed by atoms with Crippen molar-refractivity contribution in [1.82, 2.24) is 14.9 Å². The lowest BCUT2D eigenvalue weighted by molar-refractivity contribution is -0.122. The number of anilines is 1. The molecule has 1 fully saturated rings. The van der Waals surface area contributed by atoms with Crippen LogP contribution in [0.1, 0.15) is 18.4 Å². The van der Waals surface area contributed by atoms with Gasteiger partial charge in [-0.1, -0.05) is 18.2 Å². The number of benzene rings is 1. The third-order valence-electron chi connectivity index (χ3n) is 4.89. The Balaban J connectivity index is 1.42. The first-order chi connectivity index (χ1) is 13.0. The van der Waals surface area contributed by atoms with E-state index >= 15 is 0 Å². The number of fused-ring (bicyclic) bond motifs is 1. The molecule has 1 N–H and O–H groups in total. The predicted octanol–water partition coefficient (Wildman–Crippen LogP) is 0.930. The van der Waals surface area contributed by atoms with Crippen LogP contribution in [0.15, 0.2) is 41.8 Å². The number of carbonyl (C=O) groups excluding carboxylic acids is 1. The van der Waals surface area contributed by atoms with Gasteiger partial charge in [0.1, 0.15) is 6.54 Å². The van der Waals surface area contributed by atoms with Crippen LogP contribution < -0.4 is 9.62 Å². The summed E-state index contributed by atoms with van der Waals surface area (Å²) in [6.07, 6.45) is 5.50. The van der Waals surface area contributed by atoms with Crippen molar-refractivity contribution in [1.29, 1.82) is 0 Å². The second-order valence-electron chi connectivity index (χ2n) is 6.78. The molecule has 1 saturated heterocycles. The van der Waals surface area contributed by atoms with Crippen LogP contribution in [0.4, 0.5) is 5.69 Å². The molecule has 0 radical (unpaired) electrons. The highest BCUT2D eigenvalue weighted by Gasteiger charge is 2.32. The molecular weight excluding hydrogens is 368 g/mol. The van der Waals surface area contributed by atoms with Crippen LogP contribution in [0.2, 0.25) is 0 Å². The van der Waals surface area contributed by atoms with E-state index < -0.39 is 10.0 Å². The summed E-state index contributed by atoms with van der Waals surface area (Å²) in [5.74, 6) is -0.196. The Morgan fingerprint density at radius 3 is 3.00 bits per heavy atom. The molecule has 1 aromatic heterocycles. The summed E-state index contributed by atoms with van der Waals surface area (Å²) in [6.45, 7) is 1.63. The minimum atomic E-state index is -3.74. The Kier molecular flexibility index (Phi) is 4.88. The summed E-state index contributed by atoms with van der Waals surface area (Å²) < 4.78 is 34.2. The summed E-state index contributed by atoms with van der Waals surface area (Å²) in [4.78, 5) is 16.1. The van der Waals surface area contributed by atoms with Gasteiger partial charge in [0.2, 0.25) is 5.91 Å². The highest BCUT2D eigenvalue weighted by atomic mass is 32.2. The van der Waals surface area contributed by atoms with Crippen molar-refractivity contribution in [2.24, 2.45) is 0 Å². The molecule has 4 rings (SSSR count). The van der Waals surface area contributed by atoms with Gasteiger partial charge in [-0.25, -0.2) is 4.98 Å². The fourth-order valence-corrected chi connectivity index (χ4v) is 4.93. The van der Waals surface area contributed by atoms with Crippen molar-refractivity contribution in [2.45, 2.75) is 36.9 Å². The number of nitrogens with zero attached hydrogens (tertiary/aromatic N) is 3. The Hall–Kier alpha value is -2.39. The highest BCUT2D eigenvalue weighted by molar-refractivity contribution is 7.92. The zero-order valence-electron chi connectivity index (χ0n) is 14.9. The van der Waals surface area contributed by atoms with Gasteiger partial charge in [0, 0.05) is 25.9 Å². The van der Waals surface area contributed by atoms with Gasteiger partial charge in [-0.2, -0.15) is 8.42 Å². The standard InChI is InChI=1S/C18H22N4O4S/c23-17(19-10-15-5-3-9-26-15)11-21-12-18(20-13-21)27(24,25)22-8-7-14-4-1-2-6-16(14)22/h1-2,4,6,12-13,15H,3,5,7-11H2,(H,19,23). The van der Waals surface area contributed by atoms with E-state index in [0.29, 0.717) is 25.2 Å². The summed E-state index contributed by atoms with van der Waals surface area (Å²) in [5.41, 5.74) is 1.70. The van der Waals surface area contributed by atoms with Crippen LogP contribution in [0.3, 0.4) is 0 Å². The van der Waals surface area contributed by atoms with Crippen molar-refractivity contribution in [3.63, 3.8) is 0 Å². The van der Waals surface area contributed by atoms with Crippen LogP contribution in [0.5, 0.6) is 0 Å². The molecule has 0 aliphatic carbocycles. The number of nitrogens with one attached hydrogen (secondary N) is 1. The summed E-state index contributed by atoms with van der Waals surface area (Å²) in [6, 6.07) is 7.46. The third-order valence-corrected chi connectivity index (χ3v) is 6.58. The third kappa shape index (κ3) is 3.70. The number of aromatic nitrogens is 2. The number of sulfonamides is 1. The van der Waals surface area contributed by atoms with Gasteiger partial charge < -0.3 is 14.6 Å². The van der Waals surface area contributed by atoms with Crippen molar-refractivity contribution in [3.05, 3.63) is 42.4 Å². The lowest BCUT2D eigenvalue weighted by Crippen LogP contribution is -2.34. The zero-order valence-corrected chi connectivity index (χ0v) is 15.7. The second-order valence-corrected chi connectivity index (χ2v) is 8.59. The van der Waals surface area contributed by atoms with Gasteiger partial charge >= 0.3 is 0 Å². The maximum Gasteiger partial charge on any atom is 0.283 e. The SMILES string of the molecule is O=C(Cn1cnc(S(=O)(=O)N2CCc3ccccc32)c1)NCC1CCCO1. The zero-order chi connectivity index (χ0) is 18.9. The normalized spacial score (nSPS) is 19.3. The van der Waals surface area contributed by atoms with Crippen molar-refractivity contribution in [3.8, 4) is 0 Å². The van der Waals surface area contributed by atoms with Crippen LogP contribution in [0, 0.1) is 0 Å².